The van der Waals surface area contributed by atoms with Gasteiger partial charge in [0, 0.05) is 30.1 Å². The van der Waals surface area contributed by atoms with Gasteiger partial charge < -0.3 is 9.47 Å². The minimum atomic E-state index is -4.79. The van der Waals surface area contributed by atoms with Crippen LogP contribution in [0.3, 0.4) is 0 Å². The van der Waals surface area contributed by atoms with Gasteiger partial charge in [-0.25, -0.2) is 8.78 Å². The average Bonchev–Trinajstić information content (AvgIpc) is 3.37. The second-order valence-corrected chi connectivity index (χ2v) is 9.09. The molecule has 10 heteroatoms. The zero-order valence-corrected chi connectivity index (χ0v) is 20.7. The molecule has 0 saturated heterocycles. The van der Waals surface area contributed by atoms with Gasteiger partial charge in [-0.15, -0.1) is 13.2 Å². The molecule has 1 aromatic heterocycles. The number of aliphatic imine (C=N–C) groups is 1. The first-order chi connectivity index (χ1) is 19.2. The first kappa shape index (κ1) is 27.0. The van der Waals surface area contributed by atoms with Gasteiger partial charge in [0.2, 0.25) is 0 Å². The van der Waals surface area contributed by atoms with E-state index < -0.39 is 35.9 Å². The average molecular weight is 552 g/mol. The fourth-order valence-electron chi connectivity index (χ4n) is 4.56. The maximum Gasteiger partial charge on any atom is 0.573 e. The lowest BCUT2D eigenvalue weighted by molar-refractivity contribution is -0.274. The lowest BCUT2D eigenvalue weighted by Crippen LogP contribution is -2.22. The molecule has 1 aliphatic heterocycles. The van der Waals surface area contributed by atoms with Crippen LogP contribution in [0.15, 0.2) is 96.2 Å². The Balaban J connectivity index is 1.40. The van der Waals surface area contributed by atoms with E-state index in [9.17, 15) is 26.7 Å². The van der Waals surface area contributed by atoms with Crippen LogP contribution in [0.2, 0.25) is 0 Å². The van der Waals surface area contributed by atoms with Crippen molar-refractivity contribution in [2.24, 2.45) is 10.9 Å². The van der Waals surface area contributed by atoms with E-state index in [1.54, 1.807) is 48.8 Å². The Bertz CT molecular complexity index is 1500. The van der Waals surface area contributed by atoms with Gasteiger partial charge in [0.05, 0.1) is 17.5 Å². The zero-order valence-electron chi connectivity index (χ0n) is 20.7. The van der Waals surface area contributed by atoms with E-state index in [1.165, 1.54) is 30.3 Å². The Morgan fingerprint density at radius 2 is 1.52 bits per heavy atom. The zero-order chi connectivity index (χ0) is 28.3. The number of nitrogens with zero attached hydrogens (tertiary/aromatic N) is 2. The number of aromatic nitrogens is 1. The molecule has 0 N–H and O–H groups in total. The highest BCUT2D eigenvalue weighted by Crippen LogP contribution is 2.39. The molecule has 5 nitrogen and oxygen atoms in total. The summed E-state index contributed by atoms with van der Waals surface area (Å²) in [4.78, 5) is 21.7. The molecule has 2 atom stereocenters. The highest BCUT2D eigenvalue weighted by Gasteiger charge is 2.39. The Morgan fingerprint density at radius 1 is 0.875 bits per heavy atom. The number of benzene rings is 3. The molecular weight excluding hydrogens is 531 g/mol. The van der Waals surface area contributed by atoms with Crippen LogP contribution in [0, 0.1) is 17.6 Å². The van der Waals surface area contributed by atoms with Gasteiger partial charge in [-0.3, -0.25) is 14.8 Å². The standard InChI is InChI=1S/C30H21F5N2O3/c31-24-4-1-5-25(32)27(24)26-15-23(29(38)39-17-18-3-2-14-36-16-18)28(37-26)21-8-6-19(7-9-21)20-10-12-22(13-11-20)40-30(33,34)35/h1-14,16,23,28H,15,17H2/t23-,28?/m0/s1. The topological polar surface area (TPSA) is 60.8 Å². The van der Waals surface area contributed by atoms with Gasteiger partial charge in [-0.05, 0) is 47.0 Å². The van der Waals surface area contributed by atoms with Gasteiger partial charge in [-0.2, -0.15) is 0 Å². The Hall–Kier alpha value is -4.60. The molecule has 0 radical (unpaired) electrons. The van der Waals surface area contributed by atoms with E-state index in [2.05, 4.69) is 14.7 Å². The summed E-state index contributed by atoms with van der Waals surface area (Å²) in [5, 5.41) is 0. The number of alkyl halides is 3. The summed E-state index contributed by atoms with van der Waals surface area (Å²) in [7, 11) is 0. The molecule has 40 heavy (non-hydrogen) atoms. The summed E-state index contributed by atoms with van der Waals surface area (Å²) in [6, 6.07) is 18.5. The Kier molecular flexibility index (Phi) is 7.59. The molecule has 1 unspecified atom stereocenters. The van der Waals surface area contributed by atoms with Gasteiger partial charge in [0.15, 0.2) is 0 Å². The van der Waals surface area contributed by atoms with Crippen LogP contribution in [0.5, 0.6) is 5.75 Å². The molecule has 204 valence electrons. The predicted octanol–water partition coefficient (Wildman–Crippen LogP) is 7.22. The van der Waals surface area contributed by atoms with Crippen LogP contribution < -0.4 is 4.74 Å². The maximum absolute atomic E-state index is 14.6. The molecule has 0 saturated carbocycles. The fraction of sp³-hybridized carbons (Fsp3) is 0.167. The van der Waals surface area contributed by atoms with E-state index in [0.717, 1.165) is 12.1 Å². The number of pyridine rings is 1. The van der Waals surface area contributed by atoms with Crippen LogP contribution in [0.4, 0.5) is 22.0 Å². The third-order valence-corrected chi connectivity index (χ3v) is 6.42. The lowest BCUT2D eigenvalue weighted by Gasteiger charge is -2.18. The summed E-state index contributed by atoms with van der Waals surface area (Å²) >= 11 is 0. The molecule has 5 rings (SSSR count). The van der Waals surface area contributed by atoms with E-state index in [1.807, 2.05) is 0 Å². The number of halogens is 5. The van der Waals surface area contributed by atoms with E-state index in [0.29, 0.717) is 22.3 Å². The highest BCUT2D eigenvalue weighted by atomic mass is 19.4. The smallest absolute Gasteiger partial charge is 0.460 e. The van der Waals surface area contributed by atoms with Crippen molar-refractivity contribution in [2.45, 2.75) is 25.4 Å². The summed E-state index contributed by atoms with van der Waals surface area (Å²) < 4.78 is 75.9. The molecule has 0 bridgehead atoms. The van der Waals surface area contributed by atoms with Crippen LogP contribution in [0.25, 0.3) is 11.1 Å². The largest absolute Gasteiger partial charge is 0.573 e. The van der Waals surface area contributed by atoms with E-state index in [-0.39, 0.29) is 30.1 Å². The lowest BCUT2D eigenvalue weighted by atomic mass is 9.90. The van der Waals surface area contributed by atoms with Gasteiger partial charge in [0.1, 0.15) is 24.0 Å². The number of carbonyl (C=O) groups is 1. The highest BCUT2D eigenvalue weighted by molar-refractivity contribution is 6.04. The van der Waals surface area contributed by atoms with Crippen molar-refractivity contribution in [3.63, 3.8) is 0 Å². The van der Waals surface area contributed by atoms with Crippen LogP contribution in [-0.2, 0) is 16.1 Å². The van der Waals surface area contributed by atoms with Crippen molar-refractivity contribution in [2.75, 3.05) is 0 Å². The molecule has 1 aliphatic rings. The summed E-state index contributed by atoms with van der Waals surface area (Å²) in [6.45, 7) is -0.0216. The van der Waals surface area contributed by atoms with Crippen molar-refractivity contribution in [1.29, 1.82) is 0 Å². The van der Waals surface area contributed by atoms with E-state index >= 15 is 0 Å². The molecule has 3 aromatic carbocycles. The molecule has 0 amide bonds. The number of hydrogen-bond acceptors (Lipinski definition) is 5. The number of esters is 1. The summed E-state index contributed by atoms with van der Waals surface area (Å²) in [5.41, 5.74) is 2.46. The fourth-order valence-corrected chi connectivity index (χ4v) is 4.56. The maximum atomic E-state index is 14.6. The van der Waals surface area contributed by atoms with Gasteiger partial charge in [-0.1, -0.05) is 48.5 Å². The summed E-state index contributed by atoms with van der Waals surface area (Å²) in [6.07, 6.45) is -1.66. The normalized spacial score (nSPS) is 16.9. The second-order valence-electron chi connectivity index (χ2n) is 9.09. The Morgan fingerprint density at radius 3 is 2.12 bits per heavy atom. The first-order valence-corrected chi connectivity index (χ1v) is 12.2. The third-order valence-electron chi connectivity index (χ3n) is 6.42. The Labute approximate surface area is 225 Å². The van der Waals surface area contributed by atoms with Crippen molar-refractivity contribution in [3.8, 4) is 16.9 Å². The van der Waals surface area contributed by atoms with Crippen molar-refractivity contribution in [3.05, 3.63) is 120 Å². The SMILES string of the molecule is O=C(OCc1cccnc1)[C@H]1CC(c2c(F)cccc2F)=NC1c1ccc(-c2ccc(OC(F)(F)F)cc2)cc1. The van der Waals surface area contributed by atoms with E-state index in [4.69, 9.17) is 4.74 Å². The van der Waals surface area contributed by atoms with Crippen molar-refractivity contribution in [1.82, 2.24) is 4.98 Å². The number of carbonyl (C=O) groups excluding carboxylic acids is 1. The van der Waals surface area contributed by atoms with Crippen LogP contribution >= 0.6 is 0 Å². The molecule has 4 aromatic rings. The molecular formula is C30H21F5N2O3. The molecule has 0 fully saturated rings. The summed E-state index contributed by atoms with van der Waals surface area (Å²) in [5.74, 6) is -3.32. The van der Waals surface area contributed by atoms with Crippen LogP contribution in [0.1, 0.15) is 29.2 Å². The second kappa shape index (κ2) is 11.3. The molecule has 2 heterocycles. The number of ether oxygens (including phenoxy) is 2. The minimum Gasteiger partial charge on any atom is -0.460 e. The minimum absolute atomic E-state index is 0.0216. The van der Waals surface area contributed by atoms with Crippen LogP contribution in [-0.4, -0.2) is 23.0 Å². The molecule has 0 spiro atoms. The van der Waals surface area contributed by atoms with Crippen molar-refractivity contribution < 1.29 is 36.2 Å². The van der Waals surface area contributed by atoms with Gasteiger partial charge >= 0.3 is 12.3 Å². The predicted molar refractivity (Wildman–Crippen MR) is 136 cm³/mol. The van der Waals surface area contributed by atoms with Crippen molar-refractivity contribution >= 4 is 11.7 Å². The number of rotatable bonds is 7. The monoisotopic (exact) mass is 552 g/mol. The quantitative estimate of drug-likeness (QED) is 0.179. The first-order valence-electron chi connectivity index (χ1n) is 12.2. The number of hydrogen-bond donors (Lipinski definition) is 0. The third kappa shape index (κ3) is 6.17. The molecule has 0 aliphatic carbocycles. The van der Waals surface area contributed by atoms with Gasteiger partial charge in [0.25, 0.3) is 0 Å².